The Morgan fingerprint density at radius 2 is 1.96 bits per heavy atom. The zero-order chi connectivity index (χ0) is 18.7. The molecule has 6 nitrogen and oxygen atoms in total. The molecule has 1 aromatic rings. The molecular weight excluding hydrogens is 322 g/mol. The van der Waals surface area contributed by atoms with Gasteiger partial charge < -0.3 is 20.3 Å². The van der Waals surface area contributed by atoms with Gasteiger partial charge in [-0.15, -0.1) is 0 Å². The van der Waals surface area contributed by atoms with E-state index in [2.05, 4.69) is 0 Å². The summed E-state index contributed by atoms with van der Waals surface area (Å²) < 4.78 is 9.59. The van der Waals surface area contributed by atoms with Crippen molar-refractivity contribution in [2.75, 3.05) is 12.3 Å². The van der Waals surface area contributed by atoms with E-state index in [-0.39, 0.29) is 18.3 Å². The standard InChI is InChI=1S/C19H29NO5/c1-3-5-12-24-19(23)25-18(22)14(4-2)8-6-7-9-15-10-11-16(21)13-17(15)20/h10-11,13-14,21H,3-9,12,20H2,1-2H3. The van der Waals surface area contributed by atoms with Gasteiger partial charge in [-0.2, -0.15) is 0 Å². The van der Waals surface area contributed by atoms with Crippen LogP contribution in [0, 0.1) is 5.92 Å². The number of aromatic hydroxyl groups is 1. The molecule has 0 aliphatic rings. The molecule has 25 heavy (non-hydrogen) atoms. The average Bonchev–Trinajstić information content (AvgIpc) is 2.56. The number of anilines is 1. The Labute approximate surface area is 149 Å². The molecule has 0 radical (unpaired) electrons. The van der Waals surface area contributed by atoms with Crippen molar-refractivity contribution in [3.8, 4) is 5.75 Å². The van der Waals surface area contributed by atoms with Crippen LogP contribution < -0.4 is 5.73 Å². The average molecular weight is 351 g/mol. The van der Waals surface area contributed by atoms with Crippen LogP contribution in [0.4, 0.5) is 10.5 Å². The Balaban J connectivity index is 2.32. The lowest BCUT2D eigenvalue weighted by Gasteiger charge is -2.13. The number of benzene rings is 1. The normalized spacial score (nSPS) is 11.8. The van der Waals surface area contributed by atoms with Crippen molar-refractivity contribution in [2.45, 2.75) is 58.8 Å². The van der Waals surface area contributed by atoms with E-state index in [1.54, 1.807) is 6.07 Å². The van der Waals surface area contributed by atoms with E-state index < -0.39 is 12.1 Å². The predicted molar refractivity (Wildman–Crippen MR) is 96.2 cm³/mol. The lowest BCUT2D eigenvalue weighted by molar-refractivity contribution is -0.144. The number of phenolic OH excluding ortho intramolecular Hbond substituents is 1. The van der Waals surface area contributed by atoms with Crippen molar-refractivity contribution in [3.63, 3.8) is 0 Å². The van der Waals surface area contributed by atoms with E-state index in [4.69, 9.17) is 15.2 Å². The highest BCUT2D eigenvalue weighted by Crippen LogP contribution is 2.22. The minimum absolute atomic E-state index is 0.154. The maximum absolute atomic E-state index is 12.0. The fourth-order valence-electron chi connectivity index (χ4n) is 2.50. The summed E-state index contributed by atoms with van der Waals surface area (Å²) in [5, 5.41) is 9.35. The second-order valence-corrected chi connectivity index (χ2v) is 6.11. The maximum Gasteiger partial charge on any atom is 0.516 e. The summed E-state index contributed by atoms with van der Waals surface area (Å²) in [5.41, 5.74) is 7.41. The van der Waals surface area contributed by atoms with Gasteiger partial charge in [-0.05, 0) is 43.7 Å². The van der Waals surface area contributed by atoms with Crippen molar-refractivity contribution >= 4 is 17.8 Å². The van der Waals surface area contributed by atoms with Crippen molar-refractivity contribution in [1.82, 2.24) is 0 Å². The molecule has 0 amide bonds. The molecule has 0 fully saturated rings. The molecule has 0 saturated carbocycles. The van der Waals surface area contributed by atoms with Crippen LogP contribution in [0.5, 0.6) is 5.75 Å². The van der Waals surface area contributed by atoms with Crippen LogP contribution in [0.25, 0.3) is 0 Å². The Kier molecular flexibility index (Phi) is 9.43. The summed E-state index contributed by atoms with van der Waals surface area (Å²) in [5.74, 6) is -0.676. The summed E-state index contributed by atoms with van der Waals surface area (Å²) in [6.07, 6.45) is 4.46. The van der Waals surface area contributed by atoms with E-state index >= 15 is 0 Å². The first-order valence-electron chi connectivity index (χ1n) is 8.93. The van der Waals surface area contributed by atoms with Crippen LogP contribution >= 0.6 is 0 Å². The van der Waals surface area contributed by atoms with Gasteiger partial charge in [-0.25, -0.2) is 4.79 Å². The van der Waals surface area contributed by atoms with E-state index in [9.17, 15) is 14.7 Å². The third-order valence-electron chi connectivity index (χ3n) is 4.11. The summed E-state index contributed by atoms with van der Waals surface area (Å²) in [7, 11) is 0. The minimum atomic E-state index is -0.909. The molecule has 0 heterocycles. The SMILES string of the molecule is CCCCOC(=O)OC(=O)C(CC)CCCCc1ccc(O)cc1N. The van der Waals surface area contributed by atoms with E-state index in [1.807, 2.05) is 19.9 Å². The largest absolute Gasteiger partial charge is 0.516 e. The van der Waals surface area contributed by atoms with Crippen LogP contribution in [0.2, 0.25) is 0 Å². The van der Waals surface area contributed by atoms with Crippen LogP contribution in [0.3, 0.4) is 0 Å². The van der Waals surface area contributed by atoms with Crippen molar-refractivity contribution in [3.05, 3.63) is 23.8 Å². The number of ether oxygens (including phenoxy) is 2. The van der Waals surface area contributed by atoms with Crippen molar-refractivity contribution in [2.24, 2.45) is 5.92 Å². The number of carbonyl (C=O) groups is 2. The van der Waals surface area contributed by atoms with Crippen molar-refractivity contribution < 1.29 is 24.2 Å². The van der Waals surface area contributed by atoms with Crippen LogP contribution in [-0.4, -0.2) is 23.8 Å². The molecule has 0 spiro atoms. The molecule has 1 aromatic carbocycles. The van der Waals surface area contributed by atoms with Crippen LogP contribution in [0.1, 0.15) is 57.9 Å². The number of nitrogens with two attached hydrogens (primary N) is 1. The molecule has 140 valence electrons. The number of hydrogen-bond acceptors (Lipinski definition) is 6. The first-order valence-corrected chi connectivity index (χ1v) is 8.93. The fraction of sp³-hybridized carbons (Fsp3) is 0.579. The molecule has 0 aromatic heterocycles. The first kappa shape index (κ1) is 20.8. The molecule has 1 atom stereocenters. The second-order valence-electron chi connectivity index (χ2n) is 6.11. The third kappa shape index (κ3) is 7.92. The van der Waals surface area contributed by atoms with Gasteiger partial charge in [0.15, 0.2) is 0 Å². The number of rotatable bonds is 10. The van der Waals surface area contributed by atoms with Gasteiger partial charge in [0.2, 0.25) is 0 Å². The Morgan fingerprint density at radius 3 is 2.60 bits per heavy atom. The number of nitrogen functional groups attached to an aromatic ring is 1. The highest BCUT2D eigenvalue weighted by atomic mass is 16.7. The van der Waals surface area contributed by atoms with E-state index in [0.29, 0.717) is 18.5 Å². The zero-order valence-electron chi connectivity index (χ0n) is 15.1. The second kappa shape index (κ2) is 11.3. The molecule has 0 aliphatic carbocycles. The molecule has 3 N–H and O–H groups in total. The van der Waals surface area contributed by atoms with Crippen LogP contribution in [0.15, 0.2) is 18.2 Å². The molecule has 1 rings (SSSR count). The quantitative estimate of drug-likeness (QED) is 0.284. The summed E-state index contributed by atoms with van der Waals surface area (Å²) in [6, 6.07) is 4.95. The predicted octanol–water partition coefficient (Wildman–Crippen LogP) is 4.19. The maximum atomic E-state index is 12.0. The van der Waals surface area contributed by atoms with Gasteiger partial charge in [0.25, 0.3) is 0 Å². The van der Waals surface area contributed by atoms with E-state index in [1.165, 1.54) is 6.07 Å². The number of aryl methyl sites for hydroxylation is 1. The number of carbonyl (C=O) groups excluding carboxylic acids is 2. The molecular formula is C19H29NO5. The molecule has 0 bridgehead atoms. The van der Waals surface area contributed by atoms with Gasteiger partial charge in [0.05, 0.1) is 12.5 Å². The summed E-state index contributed by atoms with van der Waals surface area (Å²) >= 11 is 0. The molecule has 6 heteroatoms. The smallest absolute Gasteiger partial charge is 0.508 e. The summed E-state index contributed by atoms with van der Waals surface area (Å²) in [4.78, 5) is 23.4. The number of esters is 1. The number of phenols is 1. The topological polar surface area (TPSA) is 98.8 Å². The van der Waals surface area contributed by atoms with Crippen LogP contribution in [-0.2, 0) is 20.7 Å². The van der Waals surface area contributed by atoms with E-state index in [0.717, 1.165) is 37.7 Å². The van der Waals surface area contributed by atoms with Gasteiger partial charge in [0.1, 0.15) is 5.75 Å². The third-order valence-corrected chi connectivity index (χ3v) is 4.11. The highest BCUT2D eigenvalue weighted by molar-refractivity contribution is 5.83. The Morgan fingerprint density at radius 1 is 1.20 bits per heavy atom. The monoisotopic (exact) mass is 351 g/mol. The van der Waals surface area contributed by atoms with Gasteiger partial charge in [0, 0.05) is 11.8 Å². The number of hydrogen-bond donors (Lipinski definition) is 2. The number of unbranched alkanes of at least 4 members (excludes halogenated alkanes) is 2. The van der Waals surface area contributed by atoms with Gasteiger partial charge >= 0.3 is 12.1 Å². The molecule has 0 aliphatic heterocycles. The highest BCUT2D eigenvalue weighted by Gasteiger charge is 2.21. The summed E-state index contributed by atoms with van der Waals surface area (Å²) in [6.45, 7) is 4.15. The lowest BCUT2D eigenvalue weighted by atomic mass is 9.97. The Hall–Kier alpha value is -2.24. The zero-order valence-corrected chi connectivity index (χ0v) is 15.1. The Bertz CT molecular complexity index is 559. The lowest BCUT2D eigenvalue weighted by Crippen LogP contribution is -2.22. The molecule has 0 saturated heterocycles. The van der Waals surface area contributed by atoms with Crippen molar-refractivity contribution in [1.29, 1.82) is 0 Å². The van der Waals surface area contributed by atoms with Gasteiger partial charge in [-0.1, -0.05) is 32.8 Å². The fourth-order valence-corrected chi connectivity index (χ4v) is 2.50. The minimum Gasteiger partial charge on any atom is -0.508 e. The first-order chi connectivity index (χ1) is 12.0. The molecule has 1 unspecified atom stereocenters. The van der Waals surface area contributed by atoms with Gasteiger partial charge in [-0.3, -0.25) is 4.79 Å².